The highest BCUT2D eigenvalue weighted by atomic mass is 16.2. The lowest BCUT2D eigenvalue weighted by molar-refractivity contribution is -0.118. The molecule has 1 fully saturated rings. The van der Waals surface area contributed by atoms with E-state index in [0.717, 1.165) is 12.2 Å². The van der Waals surface area contributed by atoms with Gasteiger partial charge in [0.2, 0.25) is 5.91 Å². The Bertz CT molecular complexity index is 412. The first-order valence-corrected chi connectivity index (χ1v) is 7.82. The molecule has 0 unspecified atom stereocenters. The van der Waals surface area contributed by atoms with Gasteiger partial charge in [-0.25, -0.2) is 0 Å². The molecule has 1 aromatic rings. The standard InChI is InChI=1S/C17H26N2O/c1-3-17(20)19(16-10-6-4-7-11-16)15(2)14-18-12-8-5-9-13-18/h4,6-7,10-11,15H,3,5,8-9,12-14H2,1-2H3/t15-/m1/s1. The van der Waals surface area contributed by atoms with Crippen LogP contribution in [0.1, 0.15) is 39.5 Å². The lowest BCUT2D eigenvalue weighted by Gasteiger charge is -2.35. The van der Waals surface area contributed by atoms with Gasteiger partial charge in [0.15, 0.2) is 0 Å². The van der Waals surface area contributed by atoms with E-state index in [9.17, 15) is 4.79 Å². The zero-order valence-corrected chi connectivity index (χ0v) is 12.7. The van der Waals surface area contributed by atoms with Crippen molar-refractivity contribution in [3.05, 3.63) is 30.3 Å². The van der Waals surface area contributed by atoms with Crippen molar-refractivity contribution in [2.45, 2.75) is 45.6 Å². The predicted octanol–water partition coefficient (Wildman–Crippen LogP) is 3.30. The molecule has 0 saturated carbocycles. The zero-order valence-electron chi connectivity index (χ0n) is 12.7. The molecule has 1 atom stereocenters. The number of carbonyl (C=O) groups is 1. The number of hydrogen-bond acceptors (Lipinski definition) is 2. The molecule has 0 spiro atoms. The molecule has 1 heterocycles. The molecule has 0 aliphatic carbocycles. The Kier molecular flexibility index (Phi) is 5.60. The van der Waals surface area contributed by atoms with Crippen LogP contribution in [-0.4, -0.2) is 36.5 Å². The minimum absolute atomic E-state index is 0.209. The SMILES string of the molecule is CCC(=O)N(c1ccccc1)[C@H](C)CN1CCCCC1. The fourth-order valence-corrected chi connectivity index (χ4v) is 3.00. The molecule has 110 valence electrons. The fraction of sp³-hybridized carbons (Fsp3) is 0.588. The third-order valence-electron chi connectivity index (χ3n) is 4.02. The maximum absolute atomic E-state index is 12.3. The second-order valence-electron chi connectivity index (χ2n) is 5.66. The van der Waals surface area contributed by atoms with Crippen molar-refractivity contribution in [3.8, 4) is 0 Å². The molecule has 3 nitrogen and oxygen atoms in total. The molecule has 1 saturated heterocycles. The van der Waals surface area contributed by atoms with Crippen molar-refractivity contribution in [2.24, 2.45) is 0 Å². The van der Waals surface area contributed by atoms with Gasteiger partial charge in [-0.05, 0) is 45.0 Å². The summed E-state index contributed by atoms with van der Waals surface area (Å²) in [6.45, 7) is 7.42. The minimum atomic E-state index is 0.209. The minimum Gasteiger partial charge on any atom is -0.308 e. The smallest absolute Gasteiger partial charge is 0.226 e. The van der Waals surface area contributed by atoms with Crippen molar-refractivity contribution in [3.63, 3.8) is 0 Å². The average molecular weight is 274 g/mol. The molecule has 0 N–H and O–H groups in total. The normalized spacial score (nSPS) is 17.7. The van der Waals surface area contributed by atoms with Gasteiger partial charge in [-0.1, -0.05) is 31.5 Å². The maximum Gasteiger partial charge on any atom is 0.226 e. The van der Waals surface area contributed by atoms with Crippen LogP contribution in [-0.2, 0) is 4.79 Å². The summed E-state index contributed by atoms with van der Waals surface area (Å²) in [7, 11) is 0. The quantitative estimate of drug-likeness (QED) is 0.822. The third kappa shape index (κ3) is 3.83. The first kappa shape index (κ1) is 15.0. The number of likely N-dealkylation sites (tertiary alicyclic amines) is 1. The number of benzene rings is 1. The monoisotopic (exact) mass is 274 g/mol. The summed E-state index contributed by atoms with van der Waals surface area (Å²) in [5.41, 5.74) is 1.02. The number of anilines is 1. The summed E-state index contributed by atoms with van der Waals surface area (Å²) in [4.78, 5) is 16.8. The van der Waals surface area contributed by atoms with E-state index in [4.69, 9.17) is 0 Å². The molecule has 0 radical (unpaired) electrons. The predicted molar refractivity (Wildman–Crippen MR) is 84.0 cm³/mol. The van der Waals surface area contributed by atoms with Gasteiger partial charge in [0.1, 0.15) is 0 Å². The van der Waals surface area contributed by atoms with E-state index in [0.29, 0.717) is 6.42 Å². The molecule has 3 heteroatoms. The van der Waals surface area contributed by atoms with Gasteiger partial charge >= 0.3 is 0 Å². The van der Waals surface area contributed by atoms with Gasteiger partial charge in [0.05, 0.1) is 0 Å². The number of rotatable bonds is 5. The summed E-state index contributed by atoms with van der Waals surface area (Å²) in [5.74, 6) is 0.209. The Balaban J connectivity index is 2.07. The second kappa shape index (κ2) is 7.44. The molecule has 1 aliphatic heterocycles. The molecule has 2 rings (SSSR count). The first-order valence-electron chi connectivity index (χ1n) is 7.82. The third-order valence-corrected chi connectivity index (χ3v) is 4.02. The van der Waals surface area contributed by atoms with Gasteiger partial charge in [0.25, 0.3) is 0 Å². The van der Waals surface area contributed by atoms with Crippen LogP contribution >= 0.6 is 0 Å². The van der Waals surface area contributed by atoms with E-state index >= 15 is 0 Å². The van der Waals surface area contributed by atoms with Gasteiger partial charge < -0.3 is 9.80 Å². The van der Waals surface area contributed by atoms with Crippen molar-refractivity contribution in [1.29, 1.82) is 0 Å². The summed E-state index contributed by atoms with van der Waals surface area (Å²) in [6.07, 6.45) is 4.49. The number of nitrogens with zero attached hydrogens (tertiary/aromatic N) is 2. The second-order valence-corrected chi connectivity index (χ2v) is 5.66. The van der Waals surface area contributed by atoms with Crippen molar-refractivity contribution in [1.82, 2.24) is 4.90 Å². The van der Waals surface area contributed by atoms with E-state index in [2.05, 4.69) is 11.8 Å². The maximum atomic E-state index is 12.3. The Labute approximate surface area is 122 Å². The Morgan fingerprint density at radius 3 is 2.45 bits per heavy atom. The van der Waals surface area contributed by atoms with Crippen LogP contribution in [0, 0.1) is 0 Å². The number of piperidine rings is 1. The van der Waals surface area contributed by atoms with Crippen LogP contribution in [0.5, 0.6) is 0 Å². The molecular formula is C17H26N2O. The van der Waals surface area contributed by atoms with E-state index in [-0.39, 0.29) is 11.9 Å². The molecule has 0 aromatic heterocycles. The van der Waals surface area contributed by atoms with Gasteiger partial charge in [-0.3, -0.25) is 4.79 Å². The number of para-hydroxylation sites is 1. The molecular weight excluding hydrogens is 248 g/mol. The molecule has 20 heavy (non-hydrogen) atoms. The van der Waals surface area contributed by atoms with E-state index in [1.54, 1.807) is 0 Å². The van der Waals surface area contributed by atoms with Crippen LogP contribution in [0.25, 0.3) is 0 Å². The highest BCUT2D eigenvalue weighted by Gasteiger charge is 2.23. The summed E-state index contributed by atoms with van der Waals surface area (Å²) in [6, 6.07) is 10.3. The van der Waals surface area contributed by atoms with Crippen molar-refractivity contribution >= 4 is 11.6 Å². The van der Waals surface area contributed by atoms with E-state index in [1.807, 2.05) is 42.2 Å². The number of hydrogen-bond donors (Lipinski definition) is 0. The Morgan fingerprint density at radius 2 is 1.85 bits per heavy atom. The van der Waals surface area contributed by atoms with Gasteiger partial charge in [0, 0.05) is 24.7 Å². The van der Waals surface area contributed by atoms with Gasteiger partial charge in [-0.2, -0.15) is 0 Å². The van der Waals surface area contributed by atoms with E-state index < -0.39 is 0 Å². The van der Waals surface area contributed by atoms with Crippen LogP contribution in [0.15, 0.2) is 30.3 Å². The first-order chi connectivity index (χ1) is 9.72. The van der Waals surface area contributed by atoms with Crippen LogP contribution < -0.4 is 4.90 Å². The number of amides is 1. The summed E-state index contributed by atoms with van der Waals surface area (Å²) < 4.78 is 0. The topological polar surface area (TPSA) is 23.6 Å². The Hall–Kier alpha value is -1.35. The van der Waals surface area contributed by atoms with Crippen molar-refractivity contribution < 1.29 is 4.79 Å². The summed E-state index contributed by atoms with van der Waals surface area (Å²) >= 11 is 0. The highest BCUT2D eigenvalue weighted by molar-refractivity contribution is 5.93. The highest BCUT2D eigenvalue weighted by Crippen LogP contribution is 2.19. The lowest BCUT2D eigenvalue weighted by Crippen LogP contribution is -2.46. The zero-order chi connectivity index (χ0) is 14.4. The molecule has 1 amide bonds. The van der Waals surface area contributed by atoms with Crippen LogP contribution in [0.3, 0.4) is 0 Å². The molecule has 1 aliphatic rings. The molecule has 1 aromatic carbocycles. The van der Waals surface area contributed by atoms with Gasteiger partial charge in [-0.15, -0.1) is 0 Å². The van der Waals surface area contributed by atoms with Crippen molar-refractivity contribution in [2.75, 3.05) is 24.5 Å². The van der Waals surface area contributed by atoms with Crippen LogP contribution in [0.2, 0.25) is 0 Å². The lowest BCUT2D eigenvalue weighted by atomic mass is 10.1. The molecule has 0 bridgehead atoms. The number of carbonyl (C=O) groups excluding carboxylic acids is 1. The Morgan fingerprint density at radius 1 is 1.20 bits per heavy atom. The largest absolute Gasteiger partial charge is 0.308 e. The summed E-state index contributed by atoms with van der Waals surface area (Å²) in [5, 5.41) is 0. The fourth-order valence-electron chi connectivity index (χ4n) is 3.00. The van der Waals surface area contributed by atoms with Crippen LogP contribution in [0.4, 0.5) is 5.69 Å². The average Bonchev–Trinajstić information content (AvgIpc) is 2.49. The van der Waals surface area contributed by atoms with E-state index in [1.165, 1.54) is 32.4 Å².